The lowest BCUT2D eigenvalue weighted by Gasteiger charge is -2.33. The second-order valence-electron chi connectivity index (χ2n) is 5.93. The Hall–Kier alpha value is -0.160. The third-order valence-corrected chi connectivity index (χ3v) is 4.56. The van der Waals surface area contributed by atoms with Crippen LogP contribution in [0.15, 0.2) is 0 Å². The molecule has 2 rings (SSSR count). The first-order chi connectivity index (χ1) is 8.79. The van der Waals surface area contributed by atoms with Crippen LogP contribution in [0.5, 0.6) is 0 Å². The molecule has 2 fully saturated rings. The zero-order chi connectivity index (χ0) is 12.8. The van der Waals surface area contributed by atoms with Gasteiger partial charge in [-0.1, -0.05) is 12.8 Å². The van der Waals surface area contributed by atoms with Crippen molar-refractivity contribution < 1.29 is 5.11 Å². The Balaban J connectivity index is 1.75. The molecular weight excluding hydrogens is 226 g/mol. The van der Waals surface area contributed by atoms with E-state index in [4.69, 9.17) is 10.8 Å². The third kappa shape index (κ3) is 4.19. The van der Waals surface area contributed by atoms with Crippen molar-refractivity contribution in [2.45, 2.75) is 38.1 Å². The first kappa shape index (κ1) is 14.3. The monoisotopic (exact) mass is 255 g/mol. The molecule has 106 valence electrons. The summed E-state index contributed by atoms with van der Waals surface area (Å²) in [4.78, 5) is 4.97. The molecule has 2 atom stereocenters. The number of hydrogen-bond donors (Lipinski definition) is 2. The Bertz CT molecular complexity index is 237. The van der Waals surface area contributed by atoms with Crippen molar-refractivity contribution in [2.75, 3.05) is 45.9 Å². The van der Waals surface area contributed by atoms with Crippen molar-refractivity contribution in [3.05, 3.63) is 0 Å². The smallest absolute Gasteiger partial charge is 0.0558 e. The lowest BCUT2D eigenvalue weighted by molar-refractivity contribution is 0.176. The van der Waals surface area contributed by atoms with Gasteiger partial charge >= 0.3 is 0 Å². The standard InChI is InChI=1S/C14H29N3O/c15-14-5-2-1-4-13(14)12-17-7-3-6-16(8-9-17)10-11-18/h13-14,18H,1-12,15H2. The molecule has 1 saturated carbocycles. The lowest BCUT2D eigenvalue weighted by Crippen LogP contribution is -2.42. The average Bonchev–Trinajstić information content (AvgIpc) is 2.59. The minimum absolute atomic E-state index is 0.285. The highest BCUT2D eigenvalue weighted by Gasteiger charge is 2.24. The van der Waals surface area contributed by atoms with Crippen molar-refractivity contribution in [1.29, 1.82) is 0 Å². The van der Waals surface area contributed by atoms with Crippen LogP contribution in [0.3, 0.4) is 0 Å². The van der Waals surface area contributed by atoms with Gasteiger partial charge in [0.15, 0.2) is 0 Å². The Morgan fingerprint density at radius 1 is 0.944 bits per heavy atom. The fraction of sp³-hybridized carbons (Fsp3) is 1.00. The fourth-order valence-corrected chi connectivity index (χ4v) is 3.37. The van der Waals surface area contributed by atoms with Crippen LogP contribution in [0.25, 0.3) is 0 Å². The van der Waals surface area contributed by atoms with Crippen LogP contribution < -0.4 is 5.73 Å². The number of hydrogen-bond acceptors (Lipinski definition) is 4. The van der Waals surface area contributed by atoms with E-state index in [9.17, 15) is 0 Å². The summed E-state index contributed by atoms with van der Waals surface area (Å²) >= 11 is 0. The SMILES string of the molecule is NC1CCCCC1CN1CCCN(CCO)CC1. The Kier molecular flexibility index (Phi) is 5.89. The molecule has 0 spiro atoms. The van der Waals surface area contributed by atoms with Crippen LogP contribution >= 0.6 is 0 Å². The summed E-state index contributed by atoms with van der Waals surface area (Å²) < 4.78 is 0. The summed E-state index contributed by atoms with van der Waals surface area (Å²) in [6.07, 6.45) is 6.44. The molecule has 0 aromatic heterocycles. The van der Waals surface area contributed by atoms with E-state index in [2.05, 4.69) is 9.80 Å². The van der Waals surface area contributed by atoms with Crippen molar-refractivity contribution in [3.63, 3.8) is 0 Å². The van der Waals surface area contributed by atoms with Gasteiger partial charge in [0.05, 0.1) is 6.61 Å². The second kappa shape index (κ2) is 7.43. The van der Waals surface area contributed by atoms with Crippen molar-refractivity contribution >= 4 is 0 Å². The molecule has 0 aromatic rings. The predicted octanol–water partition coefficient (Wildman–Crippen LogP) is 0.504. The highest BCUT2D eigenvalue weighted by Crippen LogP contribution is 2.24. The van der Waals surface area contributed by atoms with Gasteiger partial charge in [-0.15, -0.1) is 0 Å². The van der Waals surface area contributed by atoms with Crippen LogP contribution in [0.2, 0.25) is 0 Å². The van der Waals surface area contributed by atoms with Crippen LogP contribution in [0.4, 0.5) is 0 Å². The maximum atomic E-state index is 9.00. The van der Waals surface area contributed by atoms with Gasteiger partial charge in [0, 0.05) is 32.2 Å². The van der Waals surface area contributed by atoms with E-state index in [1.165, 1.54) is 45.2 Å². The summed E-state index contributed by atoms with van der Waals surface area (Å²) in [6, 6.07) is 0.426. The molecule has 1 aliphatic carbocycles. The molecule has 4 nitrogen and oxygen atoms in total. The zero-order valence-electron chi connectivity index (χ0n) is 11.6. The zero-order valence-corrected chi connectivity index (χ0v) is 11.6. The highest BCUT2D eigenvalue weighted by atomic mass is 16.3. The molecule has 1 heterocycles. The van der Waals surface area contributed by atoms with Crippen molar-refractivity contribution in [1.82, 2.24) is 9.80 Å². The molecule has 2 unspecified atom stereocenters. The van der Waals surface area contributed by atoms with Crippen LogP contribution in [-0.2, 0) is 0 Å². The summed E-state index contributed by atoms with van der Waals surface area (Å²) in [5.41, 5.74) is 6.24. The van der Waals surface area contributed by atoms with Crippen LogP contribution in [0, 0.1) is 5.92 Å². The molecular formula is C14H29N3O. The van der Waals surface area contributed by atoms with E-state index in [0.717, 1.165) is 26.2 Å². The molecule has 1 saturated heterocycles. The average molecular weight is 255 g/mol. The van der Waals surface area contributed by atoms with Gasteiger partial charge in [-0.25, -0.2) is 0 Å². The fourth-order valence-electron chi connectivity index (χ4n) is 3.37. The highest BCUT2D eigenvalue weighted by molar-refractivity contribution is 4.81. The Morgan fingerprint density at radius 3 is 2.44 bits per heavy atom. The maximum Gasteiger partial charge on any atom is 0.0558 e. The molecule has 0 aromatic carbocycles. The van der Waals surface area contributed by atoms with E-state index < -0.39 is 0 Å². The largest absolute Gasteiger partial charge is 0.395 e. The molecule has 0 bridgehead atoms. The number of aliphatic hydroxyl groups excluding tert-OH is 1. The lowest BCUT2D eigenvalue weighted by atomic mass is 9.84. The maximum absolute atomic E-state index is 9.00. The molecule has 18 heavy (non-hydrogen) atoms. The number of rotatable bonds is 4. The van der Waals surface area contributed by atoms with Gasteiger partial charge in [-0.05, 0) is 38.3 Å². The summed E-state index contributed by atoms with van der Waals surface area (Å²) in [5, 5.41) is 9.00. The van der Waals surface area contributed by atoms with Gasteiger partial charge in [0.25, 0.3) is 0 Å². The van der Waals surface area contributed by atoms with Crippen LogP contribution in [0.1, 0.15) is 32.1 Å². The minimum atomic E-state index is 0.285. The second-order valence-corrected chi connectivity index (χ2v) is 5.93. The summed E-state index contributed by atoms with van der Waals surface area (Å²) in [5.74, 6) is 0.711. The molecule has 0 amide bonds. The van der Waals surface area contributed by atoms with E-state index in [1.807, 2.05) is 0 Å². The van der Waals surface area contributed by atoms with E-state index in [0.29, 0.717) is 12.0 Å². The first-order valence-corrected chi connectivity index (χ1v) is 7.61. The van der Waals surface area contributed by atoms with Gasteiger partial charge in [-0.3, -0.25) is 4.90 Å². The Labute approximate surface area is 111 Å². The predicted molar refractivity (Wildman–Crippen MR) is 74.5 cm³/mol. The minimum Gasteiger partial charge on any atom is -0.395 e. The molecule has 1 aliphatic heterocycles. The van der Waals surface area contributed by atoms with E-state index >= 15 is 0 Å². The molecule has 4 heteroatoms. The number of nitrogens with zero attached hydrogens (tertiary/aromatic N) is 2. The quantitative estimate of drug-likeness (QED) is 0.768. The first-order valence-electron chi connectivity index (χ1n) is 7.61. The number of nitrogens with two attached hydrogens (primary N) is 1. The third-order valence-electron chi connectivity index (χ3n) is 4.56. The summed E-state index contributed by atoms with van der Waals surface area (Å²) in [6.45, 7) is 6.88. The van der Waals surface area contributed by atoms with Crippen molar-refractivity contribution in [2.24, 2.45) is 11.7 Å². The Morgan fingerprint density at radius 2 is 1.67 bits per heavy atom. The van der Waals surface area contributed by atoms with E-state index in [1.54, 1.807) is 0 Å². The van der Waals surface area contributed by atoms with Crippen LogP contribution in [-0.4, -0.2) is 66.8 Å². The van der Waals surface area contributed by atoms with Gasteiger partial charge in [0.2, 0.25) is 0 Å². The normalized spacial score (nSPS) is 32.3. The molecule has 3 N–H and O–H groups in total. The molecule has 2 aliphatic rings. The van der Waals surface area contributed by atoms with Gasteiger partial charge in [0.1, 0.15) is 0 Å². The number of β-amino-alcohol motifs (C(OH)–C–C–N with tert-alkyl or cyclic N) is 1. The topological polar surface area (TPSA) is 52.7 Å². The molecule has 0 radical (unpaired) electrons. The number of aliphatic hydroxyl groups is 1. The van der Waals surface area contributed by atoms with Gasteiger partial charge < -0.3 is 15.7 Å². The van der Waals surface area contributed by atoms with Crippen molar-refractivity contribution in [3.8, 4) is 0 Å². The van der Waals surface area contributed by atoms with E-state index in [-0.39, 0.29) is 6.61 Å². The van der Waals surface area contributed by atoms with Gasteiger partial charge in [-0.2, -0.15) is 0 Å². The summed E-state index contributed by atoms with van der Waals surface area (Å²) in [7, 11) is 0.